The quantitative estimate of drug-likeness (QED) is 0.399. The second-order valence-electron chi connectivity index (χ2n) is 8.24. The number of carbonyl (C=O) groups excluding carboxylic acids is 2. The van der Waals surface area contributed by atoms with Crippen LogP contribution in [0.5, 0.6) is 0 Å². The van der Waals surface area contributed by atoms with Crippen molar-refractivity contribution in [3.05, 3.63) is 83.4 Å². The molecule has 0 aromatic heterocycles. The van der Waals surface area contributed by atoms with Crippen molar-refractivity contribution in [1.29, 1.82) is 0 Å². The number of halogens is 2. The van der Waals surface area contributed by atoms with Gasteiger partial charge in [-0.1, -0.05) is 42.5 Å². The minimum Gasteiger partial charge on any atom is -0.390 e. The van der Waals surface area contributed by atoms with Gasteiger partial charge in [-0.25, -0.2) is 8.78 Å². The van der Waals surface area contributed by atoms with Crippen LogP contribution in [-0.4, -0.2) is 48.8 Å². The summed E-state index contributed by atoms with van der Waals surface area (Å²) in [6.45, 7) is 0.629. The molecule has 0 spiro atoms. The third-order valence-corrected chi connectivity index (χ3v) is 5.64. The fraction of sp³-hybridized carbons (Fsp3) is 0.360. The number of hydrogen-bond acceptors (Lipinski definition) is 5. The van der Waals surface area contributed by atoms with Crippen LogP contribution < -0.4 is 16.4 Å². The van der Waals surface area contributed by atoms with Crippen molar-refractivity contribution in [3.63, 3.8) is 0 Å². The van der Waals surface area contributed by atoms with Crippen LogP contribution in [0.4, 0.5) is 8.78 Å². The molecule has 2 amide bonds. The number of aliphatic hydroxyl groups excluding tert-OH is 1. The van der Waals surface area contributed by atoms with Crippen LogP contribution in [0, 0.1) is 17.6 Å². The molecule has 0 radical (unpaired) electrons. The van der Waals surface area contributed by atoms with Crippen LogP contribution in [0.2, 0.25) is 0 Å². The predicted molar refractivity (Wildman–Crippen MR) is 122 cm³/mol. The summed E-state index contributed by atoms with van der Waals surface area (Å²) in [6, 6.07) is 11.4. The highest BCUT2D eigenvalue weighted by molar-refractivity contribution is 5.99. The Hall–Kier alpha value is -3.14. The van der Waals surface area contributed by atoms with E-state index < -0.39 is 41.5 Å². The number of amides is 2. The van der Waals surface area contributed by atoms with E-state index in [1.807, 2.05) is 30.3 Å². The van der Waals surface area contributed by atoms with Gasteiger partial charge in [-0.05, 0) is 36.1 Å². The molecular weight excluding hydrogens is 444 g/mol. The molecule has 0 unspecified atom stereocenters. The van der Waals surface area contributed by atoms with E-state index in [2.05, 4.69) is 10.6 Å². The largest absolute Gasteiger partial charge is 0.390 e. The summed E-state index contributed by atoms with van der Waals surface area (Å²) in [7, 11) is 0. The molecule has 0 aliphatic carbocycles. The molecule has 5 N–H and O–H groups in total. The van der Waals surface area contributed by atoms with Gasteiger partial charge in [-0.3, -0.25) is 9.59 Å². The summed E-state index contributed by atoms with van der Waals surface area (Å²) in [6.07, 6.45) is 2.20. The van der Waals surface area contributed by atoms with Gasteiger partial charge in [-0.2, -0.15) is 0 Å². The number of rotatable bonds is 4. The average molecular weight is 474 g/mol. The number of carbonyl (C=O) groups is 2. The van der Waals surface area contributed by atoms with E-state index in [0.717, 1.165) is 23.8 Å². The second kappa shape index (κ2) is 12.4. The summed E-state index contributed by atoms with van der Waals surface area (Å²) in [5.74, 6) is -4.19. The summed E-state index contributed by atoms with van der Waals surface area (Å²) in [4.78, 5) is 24.7. The number of aliphatic hydroxyl groups is 1. The van der Waals surface area contributed by atoms with E-state index in [9.17, 15) is 23.5 Å². The van der Waals surface area contributed by atoms with Crippen molar-refractivity contribution >= 4 is 11.8 Å². The molecule has 2 aromatic carbocycles. The van der Waals surface area contributed by atoms with Gasteiger partial charge in [0.25, 0.3) is 0 Å². The molecule has 0 saturated carbocycles. The van der Waals surface area contributed by atoms with E-state index in [1.165, 1.54) is 0 Å². The van der Waals surface area contributed by atoms with E-state index in [1.54, 1.807) is 12.2 Å². The Kier molecular flexibility index (Phi) is 9.26. The summed E-state index contributed by atoms with van der Waals surface area (Å²) in [5.41, 5.74) is 6.61. The van der Waals surface area contributed by atoms with Gasteiger partial charge >= 0.3 is 0 Å². The van der Waals surface area contributed by atoms with E-state index in [-0.39, 0.29) is 37.6 Å². The maximum atomic E-state index is 13.7. The lowest BCUT2D eigenvalue weighted by Gasteiger charge is -2.28. The molecule has 9 heteroatoms. The van der Waals surface area contributed by atoms with Gasteiger partial charge in [0.15, 0.2) is 0 Å². The Bertz CT molecular complexity index is 983. The molecule has 3 rings (SSSR count). The number of primary amides is 1. The highest BCUT2D eigenvalue weighted by Crippen LogP contribution is 2.16. The zero-order chi connectivity index (χ0) is 24.5. The highest BCUT2D eigenvalue weighted by Gasteiger charge is 2.29. The van der Waals surface area contributed by atoms with Crippen molar-refractivity contribution in [2.75, 3.05) is 19.8 Å². The summed E-state index contributed by atoms with van der Waals surface area (Å²) >= 11 is 0. The van der Waals surface area contributed by atoms with Crippen LogP contribution in [-0.2, 0) is 20.7 Å². The van der Waals surface area contributed by atoms with Crippen molar-refractivity contribution in [3.8, 4) is 0 Å². The first-order chi connectivity index (χ1) is 16.3. The summed E-state index contributed by atoms with van der Waals surface area (Å²) < 4.78 is 33.2. The molecule has 182 valence electrons. The molecule has 1 heterocycles. The molecule has 1 aliphatic rings. The van der Waals surface area contributed by atoms with Crippen LogP contribution in [0.15, 0.2) is 60.7 Å². The zero-order valence-corrected chi connectivity index (χ0v) is 18.6. The number of nitrogens with one attached hydrogen (secondary N) is 2. The van der Waals surface area contributed by atoms with Crippen LogP contribution in [0.1, 0.15) is 23.6 Å². The molecule has 7 nitrogen and oxygen atoms in total. The lowest BCUT2D eigenvalue weighted by molar-refractivity contribution is -0.134. The first-order valence-corrected chi connectivity index (χ1v) is 11.1. The summed E-state index contributed by atoms with van der Waals surface area (Å²) in [5, 5.41) is 16.8. The smallest absolute Gasteiger partial charge is 0.233 e. The molecule has 4 atom stereocenters. The lowest BCUT2D eigenvalue weighted by atomic mass is 9.97. The van der Waals surface area contributed by atoms with Crippen molar-refractivity contribution in [2.24, 2.45) is 11.7 Å². The molecular formula is C25H29F2N3O4. The molecule has 34 heavy (non-hydrogen) atoms. The van der Waals surface area contributed by atoms with Crippen LogP contribution in [0.3, 0.4) is 0 Å². The maximum absolute atomic E-state index is 13.7. The van der Waals surface area contributed by atoms with Crippen LogP contribution >= 0.6 is 0 Å². The fourth-order valence-corrected chi connectivity index (χ4v) is 3.82. The molecule has 0 saturated heterocycles. The number of hydrogen-bond donors (Lipinski definition) is 4. The second-order valence-corrected chi connectivity index (χ2v) is 8.24. The number of β-amino-alcohol motifs (C(OH)–C–C–N with tert-alkyl or cyclic N) is 1. The van der Waals surface area contributed by atoms with Crippen LogP contribution in [0.25, 0.3) is 0 Å². The van der Waals surface area contributed by atoms with Gasteiger partial charge in [0.2, 0.25) is 11.8 Å². The minimum atomic E-state index is -1.16. The molecule has 0 fully saturated rings. The molecule has 0 bridgehead atoms. The van der Waals surface area contributed by atoms with Crippen molar-refractivity contribution < 1.29 is 28.2 Å². The Balaban J connectivity index is 1.86. The number of benzene rings is 2. The van der Waals surface area contributed by atoms with E-state index in [4.69, 9.17) is 10.5 Å². The normalized spacial score (nSPS) is 25.7. The topological polar surface area (TPSA) is 114 Å². The Morgan fingerprint density at radius 1 is 1.12 bits per heavy atom. The first-order valence-electron chi connectivity index (χ1n) is 11.1. The molecule has 2 aromatic rings. The molecule has 1 aliphatic heterocycles. The van der Waals surface area contributed by atoms with Gasteiger partial charge in [0, 0.05) is 12.6 Å². The fourth-order valence-electron chi connectivity index (χ4n) is 3.82. The van der Waals surface area contributed by atoms with E-state index >= 15 is 0 Å². The Morgan fingerprint density at radius 2 is 1.82 bits per heavy atom. The Morgan fingerprint density at radius 3 is 2.50 bits per heavy atom. The van der Waals surface area contributed by atoms with Gasteiger partial charge in [0.05, 0.1) is 31.4 Å². The monoisotopic (exact) mass is 473 g/mol. The third kappa shape index (κ3) is 7.44. The Labute approximate surface area is 197 Å². The number of nitrogens with two attached hydrogens (primary N) is 1. The van der Waals surface area contributed by atoms with E-state index in [0.29, 0.717) is 6.61 Å². The highest BCUT2D eigenvalue weighted by atomic mass is 19.1. The predicted octanol–water partition coefficient (Wildman–Crippen LogP) is 1.76. The standard InChI is InChI=1S/C25H29F2N3O4/c26-18-10-16(11-19(27)13-18)12-21-23(31)14-29-22(17-6-2-1-3-7-17)15-34-9-5-4-8-20(24(28)32)25(33)30-21/h1-7,10-11,13,20-23,29,31H,8-9,12,14-15H2,(H2,28,32)(H,30,33)/b5-4-/t20-,21-,22-,23+/m0/s1. The van der Waals surface area contributed by atoms with Crippen molar-refractivity contribution in [1.82, 2.24) is 10.6 Å². The zero-order valence-electron chi connectivity index (χ0n) is 18.6. The minimum absolute atomic E-state index is 0.0444. The van der Waals surface area contributed by atoms with Gasteiger partial charge in [-0.15, -0.1) is 0 Å². The number of allylic oxidation sites excluding steroid dienone is 1. The maximum Gasteiger partial charge on any atom is 0.233 e. The average Bonchev–Trinajstić information content (AvgIpc) is 2.78. The van der Waals surface area contributed by atoms with Gasteiger partial charge < -0.3 is 26.2 Å². The van der Waals surface area contributed by atoms with Gasteiger partial charge in [0.1, 0.15) is 17.6 Å². The van der Waals surface area contributed by atoms with Crippen molar-refractivity contribution in [2.45, 2.75) is 31.0 Å². The lowest BCUT2D eigenvalue weighted by Crippen LogP contribution is -2.52. The third-order valence-electron chi connectivity index (χ3n) is 5.64. The SMILES string of the molecule is NC(=O)[C@@H]1C/C=C\COC[C@@H](c2ccccc2)NC[C@@H](O)[C@H](Cc2cc(F)cc(F)c2)NC1=O. The first kappa shape index (κ1) is 25.5. The number of ether oxygens (including phenoxy) is 1.